The van der Waals surface area contributed by atoms with Crippen molar-refractivity contribution < 1.29 is 14.1 Å². The number of amides is 2. The molecule has 33 heavy (non-hydrogen) atoms. The summed E-state index contributed by atoms with van der Waals surface area (Å²) < 4.78 is 12.3. The lowest BCUT2D eigenvalue weighted by Crippen LogP contribution is -2.42. The molecule has 1 aliphatic rings. The number of urea groups is 1. The maximum absolute atomic E-state index is 12.8. The number of carbonyl (C=O) groups is 1. The fourth-order valence-corrected chi connectivity index (χ4v) is 4.28. The second kappa shape index (κ2) is 8.67. The van der Waals surface area contributed by atoms with Crippen molar-refractivity contribution in [2.24, 2.45) is 0 Å². The molecule has 1 saturated heterocycles. The highest BCUT2D eigenvalue weighted by Gasteiger charge is 2.29. The van der Waals surface area contributed by atoms with E-state index < -0.39 is 0 Å². The summed E-state index contributed by atoms with van der Waals surface area (Å²) in [4.78, 5) is 19.6. The molecular formula is C24H22N6O3. The van der Waals surface area contributed by atoms with Gasteiger partial charge in [0.2, 0.25) is 5.76 Å². The lowest BCUT2D eigenvalue weighted by Gasteiger charge is -2.31. The quantitative estimate of drug-likeness (QED) is 0.505. The van der Waals surface area contributed by atoms with Crippen molar-refractivity contribution in [3.8, 4) is 23.1 Å². The van der Waals surface area contributed by atoms with Gasteiger partial charge in [0, 0.05) is 36.8 Å². The lowest BCUT2D eigenvalue weighted by atomic mass is 9.97. The molecule has 1 fully saturated rings. The van der Waals surface area contributed by atoms with Crippen LogP contribution in [0.15, 0.2) is 59.3 Å². The van der Waals surface area contributed by atoms with Crippen molar-refractivity contribution in [2.75, 3.05) is 25.5 Å². The molecule has 9 heteroatoms. The van der Waals surface area contributed by atoms with Crippen LogP contribution in [0, 0.1) is 11.3 Å². The van der Waals surface area contributed by atoms with Gasteiger partial charge in [-0.05, 0) is 37.1 Å². The Morgan fingerprint density at radius 1 is 1.27 bits per heavy atom. The molecule has 166 valence electrons. The number of carbonyl (C=O) groups excluding carboxylic acids is 1. The van der Waals surface area contributed by atoms with E-state index in [2.05, 4.69) is 20.9 Å². The topological polar surface area (TPSA) is 109 Å². The number of ether oxygens (including phenoxy) is 1. The monoisotopic (exact) mass is 442 g/mol. The third-order valence-corrected chi connectivity index (χ3v) is 5.85. The van der Waals surface area contributed by atoms with Gasteiger partial charge in [-0.2, -0.15) is 5.26 Å². The molecule has 4 aromatic rings. The number of hydrogen-bond donors (Lipinski definition) is 1. The smallest absolute Gasteiger partial charge is 0.323 e. The minimum absolute atomic E-state index is 0.0516. The van der Waals surface area contributed by atoms with E-state index in [-0.39, 0.29) is 23.5 Å². The van der Waals surface area contributed by atoms with Crippen LogP contribution in [0.3, 0.4) is 0 Å². The Kier molecular flexibility index (Phi) is 5.40. The summed E-state index contributed by atoms with van der Waals surface area (Å²) in [5, 5.41) is 15.3. The minimum Gasteiger partial charge on any atom is -0.497 e. The summed E-state index contributed by atoms with van der Waals surface area (Å²) in [7, 11) is 1.65. The summed E-state index contributed by atoms with van der Waals surface area (Å²) in [6, 6.07) is 16.9. The van der Waals surface area contributed by atoms with Crippen LogP contribution in [-0.2, 0) is 0 Å². The third-order valence-electron chi connectivity index (χ3n) is 5.85. The van der Waals surface area contributed by atoms with Crippen molar-refractivity contribution in [2.45, 2.75) is 18.8 Å². The number of nitriles is 1. The van der Waals surface area contributed by atoms with Crippen molar-refractivity contribution >= 4 is 17.4 Å². The molecule has 0 spiro atoms. The number of piperidine rings is 1. The predicted octanol–water partition coefficient (Wildman–Crippen LogP) is 4.28. The number of hydrogen-bond acceptors (Lipinski definition) is 6. The Morgan fingerprint density at radius 2 is 2.18 bits per heavy atom. The van der Waals surface area contributed by atoms with Gasteiger partial charge < -0.3 is 18.6 Å². The molecule has 5 rings (SSSR count). The lowest BCUT2D eigenvalue weighted by molar-refractivity contribution is 0.191. The average Bonchev–Trinajstić information content (AvgIpc) is 3.49. The average molecular weight is 442 g/mol. The van der Waals surface area contributed by atoms with Crippen LogP contribution in [0.1, 0.15) is 30.3 Å². The van der Waals surface area contributed by atoms with Crippen LogP contribution in [0.4, 0.5) is 10.6 Å². The number of methoxy groups -OCH3 is 1. The van der Waals surface area contributed by atoms with E-state index in [1.807, 2.05) is 48.7 Å². The van der Waals surface area contributed by atoms with E-state index in [0.29, 0.717) is 13.1 Å². The SMILES string of the molecule is COc1cccc(-c2nc([C@@H]3CCCN(C(=O)Nc4cc(C#N)on4)C3)n3ccccc23)c1. The number of benzene rings is 1. The molecule has 1 atom stereocenters. The van der Waals surface area contributed by atoms with Gasteiger partial charge >= 0.3 is 6.03 Å². The van der Waals surface area contributed by atoms with Crippen LogP contribution in [-0.4, -0.2) is 45.7 Å². The van der Waals surface area contributed by atoms with Gasteiger partial charge in [-0.15, -0.1) is 0 Å². The van der Waals surface area contributed by atoms with Gasteiger partial charge in [0.05, 0.1) is 18.3 Å². The maximum atomic E-state index is 12.8. The molecule has 9 nitrogen and oxygen atoms in total. The fourth-order valence-electron chi connectivity index (χ4n) is 4.28. The number of nitrogens with one attached hydrogen (secondary N) is 1. The largest absolute Gasteiger partial charge is 0.497 e. The number of nitrogens with zero attached hydrogens (tertiary/aromatic N) is 5. The van der Waals surface area contributed by atoms with Gasteiger partial charge in [-0.25, -0.2) is 9.78 Å². The van der Waals surface area contributed by atoms with Crippen LogP contribution >= 0.6 is 0 Å². The minimum atomic E-state index is -0.272. The van der Waals surface area contributed by atoms with Crippen LogP contribution in [0.25, 0.3) is 16.8 Å². The Hall–Kier alpha value is -4.32. The molecule has 0 aliphatic carbocycles. The van der Waals surface area contributed by atoms with Gasteiger partial charge in [-0.3, -0.25) is 5.32 Å². The fraction of sp³-hybridized carbons (Fsp3) is 0.250. The Morgan fingerprint density at radius 3 is 3.00 bits per heavy atom. The second-order valence-corrected chi connectivity index (χ2v) is 7.91. The number of aromatic nitrogens is 3. The molecule has 0 unspecified atom stereocenters. The van der Waals surface area contributed by atoms with Gasteiger partial charge in [-0.1, -0.05) is 23.4 Å². The van der Waals surface area contributed by atoms with E-state index >= 15 is 0 Å². The maximum Gasteiger partial charge on any atom is 0.323 e. The summed E-state index contributed by atoms with van der Waals surface area (Å²) in [6.45, 7) is 1.16. The van der Waals surface area contributed by atoms with E-state index in [4.69, 9.17) is 19.5 Å². The molecule has 1 aliphatic heterocycles. The first kappa shape index (κ1) is 20.6. The molecule has 1 aromatic carbocycles. The zero-order valence-corrected chi connectivity index (χ0v) is 18.1. The van der Waals surface area contributed by atoms with Gasteiger partial charge in [0.25, 0.3) is 0 Å². The summed E-state index contributed by atoms with van der Waals surface area (Å²) in [5.41, 5.74) is 2.88. The summed E-state index contributed by atoms with van der Waals surface area (Å²) in [6.07, 6.45) is 3.80. The first-order valence-corrected chi connectivity index (χ1v) is 10.7. The zero-order chi connectivity index (χ0) is 22.8. The second-order valence-electron chi connectivity index (χ2n) is 7.91. The Bertz CT molecular complexity index is 1350. The molecule has 1 N–H and O–H groups in total. The Balaban J connectivity index is 1.43. The van der Waals surface area contributed by atoms with Gasteiger partial charge in [0.1, 0.15) is 17.6 Å². The molecule has 3 aromatic heterocycles. The first-order valence-electron chi connectivity index (χ1n) is 10.7. The molecule has 2 amide bonds. The highest BCUT2D eigenvalue weighted by molar-refractivity contribution is 5.88. The zero-order valence-electron chi connectivity index (χ0n) is 18.1. The predicted molar refractivity (Wildman–Crippen MR) is 121 cm³/mol. The number of likely N-dealkylation sites (tertiary alicyclic amines) is 1. The van der Waals surface area contributed by atoms with Crippen molar-refractivity contribution in [1.82, 2.24) is 19.4 Å². The summed E-state index contributed by atoms with van der Waals surface area (Å²) in [5.74, 6) is 2.06. The molecule has 0 bridgehead atoms. The highest BCUT2D eigenvalue weighted by atomic mass is 16.5. The van der Waals surface area contributed by atoms with Crippen LogP contribution in [0.5, 0.6) is 5.75 Å². The molecule has 0 radical (unpaired) electrons. The van der Waals surface area contributed by atoms with Gasteiger partial charge in [0.15, 0.2) is 5.82 Å². The van der Waals surface area contributed by atoms with Crippen molar-refractivity contribution in [3.05, 3.63) is 66.3 Å². The van der Waals surface area contributed by atoms with Crippen molar-refractivity contribution in [1.29, 1.82) is 5.26 Å². The van der Waals surface area contributed by atoms with Crippen LogP contribution < -0.4 is 10.1 Å². The first-order chi connectivity index (χ1) is 16.2. The highest BCUT2D eigenvalue weighted by Crippen LogP contribution is 2.33. The normalized spacial score (nSPS) is 15.9. The molecule has 4 heterocycles. The molecule has 0 saturated carbocycles. The number of pyridine rings is 1. The number of anilines is 1. The van der Waals surface area contributed by atoms with E-state index in [1.165, 1.54) is 6.07 Å². The summed E-state index contributed by atoms with van der Waals surface area (Å²) >= 11 is 0. The standard InChI is InChI=1S/C24H22N6O3/c1-32-18-8-4-6-16(12-18)22-20-9-2-3-11-30(20)23(27-22)17-7-5-10-29(15-17)24(31)26-21-13-19(14-25)33-28-21/h2-4,6,8-9,11-13,17H,5,7,10,15H2,1H3,(H,26,28,31)/t17-/m1/s1. The number of fused-ring (bicyclic) bond motifs is 1. The third kappa shape index (κ3) is 3.99. The number of rotatable bonds is 4. The molecular weight excluding hydrogens is 420 g/mol. The number of imidazole rings is 1. The van der Waals surface area contributed by atoms with E-state index in [0.717, 1.165) is 41.2 Å². The Labute approximate surface area is 190 Å². The van der Waals surface area contributed by atoms with E-state index in [9.17, 15) is 4.79 Å². The van der Waals surface area contributed by atoms with Crippen LogP contribution in [0.2, 0.25) is 0 Å². The van der Waals surface area contributed by atoms with E-state index in [1.54, 1.807) is 12.0 Å². The van der Waals surface area contributed by atoms with Crippen molar-refractivity contribution in [3.63, 3.8) is 0 Å².